The Morgan fingerprint density at radius 1 is 0.416 bits per heavy atom. The molecule has 618 valence electrons. The molecule has 0 saturated carbocycles. The van der Waals surface area contributed by atoms with E-state index in [2.05, 4.69) is 195 Å². The zero-order valence-corrected chi connectivity index (χ0v) is 73.4. The molecule has 0 fully saturated rings. The van der Waals surface area contributed by atoms with E-state index in [0.717, 1.165) is 82.7 Å². The molecule has 0 spiro atoms. The van der Waals surface area contributed by atoms with Crippen molar-refractivity contribution < 1.29 is 94.7 Å². The second-order valence-corrected chi connectivity index (χ2v) is 27.2. The average Bonchev–Trinajstić information content (AvgIpc) is 1.59. The zero-order valence-electron chi connectivity index (χ0n) is 70.8. The summed E-state index contributed by atoms with van der Waals surface area (Å²) in [5.41, 5.74) is 18.4. The van der Waals surface area contributed by atoms with Gasteiger partial charge in [0.05, 0.1) is 92.5 Å². The van der Waals surface area contributed by atoms with Gasteiger partial charge in [-0.2, -0.15) is 39.8 Å². The van der Waals surface area contributed by atoms with Crippen molar-refractivity contribution in [3.63, 3.8) is 0 Å². The van der Waals surface area contributed by atoms with E-state index in [1.165, 1.54) is 94.9 Å². The maximum absolute atomic E-state index is 11.5. The molecule has 0 aliphatic heterocycles. The summed E-state index contributed by atoms with van der Waals surface area (Å²) in [4.78, 5) is 103. The van der Waals surface area contributed by atoms with Crippen LogP contribution in [0, 0.1) is 27.7 Å². The van der Waals surface area contributed by atoms with Gasteiger partial charge in [0, 0.05) is 79.7 Å². The smallest absolute Gasteiger partial charge is 0.753 e. The van der Waals surface area contributed by atoms with Crippen LogP contribution in [0.5, 0.6) is 0 Å². The Kier molecular flexibility index (Phi) is 37.4. The summed E-state index contributed by atoms with van der Waals surface area (Å²) in [7, 11) is 0. The van der Waals surface area contributed by atoms with Crippen LogP contribution in [0.1, 0.15) is 59.6 Å². The molecule has 11 aromatic heterocycles. The fourth-order valence-corrected chi connectivity index (χ4v) is 13.2. The second kappa shape index (κ2) is 51.3. The van der Waals surface area contributed by atoms with Gasteiger partial charge in [0.15, 0.2) is 0 Å². The van der Waals surface area contributed by atoms with Crippen LogP contribution >= 0.6 is 60.2 Å². The number of benzene rings is 6. The molecular weight excluding hydrogens is 1850 g/mol. The van der Waals surface area contributed by atoms with Gasteiger partial charge in [-0.25, -0.2) is 9.59 Å². The Morgan fingerprint density at radius 2 is 0.832 bits per heavy atom. The van der Waals surface area contributed by atoms with Crippen molar-refractivity contribution in [2.45, 2.75) is 34.2 Å². The van der Waals surface area contributed by atoms with Gasteiger partial charge in [-0.05, 0) is 229 Å². The third kappa shape index (κ3) is 27.7. The van der Waals surface area contributed by atoms with E-state index in [4.69, 9.17) is 62.9 Å². The van der Waals surface area contributed by atoms with E-state index in [9.17, 15) is 19.5 Å². The number of hydrogen-bond donors (Lipinski definition) is 3. The van der Waals surface area contributed by atoms with Gasteiger partial charge in [-0.3, -0.25) is 44.7 Å². The number of carboxylic acid groups (broad SMARTS) is 3. The van der Waals surface area contributed by atoms with Gasteiger partial charge in [-0.15, -0.1) is 11.3 Å². The minimum absolute atomic E-state index is 0. The molecule has 0 aliphatic rings. The Balaban J connectivity index is 0.000000273. The number of pyridine rings is 8. The number of carbonyl (C=O) groups is 3. The van der Waals surface area contributed by atoms with Crippen molar-refractivity contribution >= 4 is 178 Å². The largest absolute Gasteiger partial charge is 2.00 e. The number of rotatable bonds is 13. The maximum atomic E-state index is 11.5. The summed E-state index contributed by atoms with van der Waals surface area (Å²) >= 11 is 16.5. The number of isothiocyanates is 4. The molecule has 0 saturated heterocycles. The quantitative estimate of drug-likeness (QED) is 0.0548. The van der Waals surface area contributed by atoms with Crippen LogP contribution in [0.15, 0.2) is 286 Å². The van der Waals surface area contributed by atoms with E-state index >= 15 is 0 Å². The predicted octanol–water partition coefficient (Wildman–Crippen LogP) is 21.7. The number of thiophene rings is 1. The van der Waals surface area contributed by atoms with Crippen LogP contribution in [0.2, 0.25) is 0 Å². The zero-order chi connectivity index (χ0) is 93.1. The first-order chi connectivity index (χ1) is 61.7. The van der Waals surface area contributed by atoms with Crippen molar-refractivity contribution in [1.29, 1.82) is 0 Å². The number of thiocarbonyl (C=S) groups is 4. The molecule has 0 unspecified atom stereocenters. The number of carbonyl (C=O) groups excluding carboxylic acids is 4. The molecule has 6 aromatic carbocycles. The minimum atomic E-state index is -0.963. The molecule has 24 nitrogen and oxygen atoms in total. The number of aliphatic carboxylic acids is 1. The molecule has 17 aromatic rings. The second-order valence-electron chi connectivity index (χ2n) is 25.1. The van der Waals surface area contributed by atoms with Gasteiger partial charge >= 0.3 is 69.2 Å². The van der Waals surface area contributed by atoms with Gasteiger partial charge in [0.2, 0.25) is 0 Å². The molecule has 0 amide bonds. The number of hydrogen-bond acceptors (Lipinski definition) is 20. The number of nitrogens with zero attached hydrogens (tertiary/aromatic N) is 14. The van der Waals surface area contributed by atoms with Crippen LogP contribution in [0.4, 0.5) is 0 Å². The van der Waals surface area contributed by atoms with E-state index < -0.39 is 24.0 Å². The molecular formula is C94H66N14O10Ru2S5. The van der Waals surface area contributed by atoms with Gasteiger partial charge < -0.3 is 46.1 Å². The van der Waals surface area contributed by atoms with Crippen molar-refractivity contribution in [3.8, 4) is 73.5 Å². The fraction of sp³-hybridized carbons (Fsp3) is 0.0532. The first-order valence-corrected chi connectivity index (χ1v) is 38.3. The number of carboxylic acids is 3. The monoisotopic (exact) mass is 1920 g/mol. The first-order valence-electron chi connectivity index (χ1n) is 38.3. The molecule has 31 heteroatoms. The van der Waals surface area contributed by atoms with Gasteiger partial charge in [0.1, 0.15) is 6.54 Å². The number of aryl methyl sites for hydroxylation is 3. The van der Waals surface area contributed by atoms with Crippen molar-refractivity contribution in [2.75, 3.05) is 0 Å². The van der Waals surface area contributed by atoms with Crippen LogP contribution in [0.25, 0.3) is 162 Å². The normalized spacial score (nSPS) is 10.3. The fourth-order valence-electron chi connectivity index (χ4n) is 12.4. The van der Waals surface area contributed by atoms with Crippen LogP contribution in [-0.4, -0.2) is 115 Å². The summed E-state index contributed by atoms with van der Waals surface area (Å²) in [5, 5.41) is 66.9. The Labute approximate surface area is 773 Å². The third-order valence-corrected chi connectivity index (χ3v) is 18.7. The third-order valence-electron chi connectivity index (χ3n) is 17.8. The van der Waals surface area contributed by atoms with E-state index in [1.54, 1.807) is 71.2 Å². The standard InChI is InChI=1S/C41H31N3.C25H19N3O2S.2C11H8N2O2.4CNS.2CO2.2Ru/c1-26-19-34(20-27(2)28(26)3)31-12-13-32-22-35(16-14-30(32)21-31)44-40-17-15-33(29-9-5-4-6-10-29)23-36(40)37-24-39(43-25-41(37)44)38-11-7-8-18-42-38;1-16-5-8-18(31-16)9-6-17-7-10-23-19(12-17)20-13-22(21-4-2-3-11-26-21)27-14-24(20)28(23)15-25(29)30;2*14-11(15)8-4-6-13-10(7-8)9-3-1-2-5-12-9;6*2-1-3;;/h4-25H,1-3H3;2-14H,15H2,1H3,(H,29,30);2*1-7H,(H,14,15);;;;;;;;/q;;;;4*-1;;;2*+2/b;9-6+;;;;;;;;;;/i4D,5D,6D,9D,10D;;;;;;;;;;;. The van der Waals surface area contributed by atoms with Crippen molar-refractivity contribution in [3.05, 3.63) is 351 Å². The summed E-state index contributed by atoms with van der Waals surface area (Å²) in [6.45, 7) is 8.46. The summed E-state index contributed by atoms with van der Waals surface area (Å²) in [6.07, 6.45) is 18.0. The molecule has 125 heavy (non-hydrogen) atoms. The van der Waals surface area contributed by atoms with E-state index in [1.807, 2.05) is 97.2 Å². The summed E-state index contributed by atoms with van der Waals surface area (Å²) in [5.74, 6) is -2.81. The molecule has 0 radical (unpaired) electrons. The topological polar surface area (TPSA) is 382 Å². The minimum Gasteiger partial charge on any atom is -0.753 e. The molecule has 0 bridgehead atoms. The molecule has 3 N–H and O–H groups in total. The van der Waals surface area contributed by atoms with Crippen LogP contribution in [0.3, 0.4) is 0 Å². The predicted molar refractivity (Wildman–Crippen MR) is 493 cm³/mol. The van der Waals surface area contributed by atoms with E-state index in [0.29, 0.717) is 34.0 Å². The first kappa shape index (κ1) is 91.2. The SMILES string of the molecule is Cc1ccc(/C=C/c2ccc3c(c2)c2cc(-c4ccccn4)ncc2n3CC(=O)O)s1.O=C(O)c1ccnc(-c2ccccn2)c1.O=C(O)c1ccnc(-c2ccccn2)c1.O=C=O.O=C=O.[2H]c1c([2H])c([2H])c(-c2ccc3c(c2)c2cc(-c4ccccn4)ncc2n3-c2ccc3cc(-c4cc(C)c(C)c(C)c4)ccc3c2)c([2H])c1[2H].[N-]=C=S.[N-]=C=S.[N-]=C=S.[N-]=C=S.[Ru+2].[Ru+2]. The van der Waals surface area contributed by atoms with E-state index in [-0.39, 0.29) is 98.7 Å². The molecule has 0 atom stereocenters. The van der Waals surface area contributed by atoms with Gasteiger partial charge in [-0.1, -0.05) is 152 Å². The Bertz CT molecular complexity index is 6940. The number of aromatic nitrogens is 10. The average molecular weight is 1920 g/mol. The molecule has 17 rings (SSSR count). The maximum Gasteiger partial charge on any atom is 2.00 e. The van der Waals surface area contributed by atoms with Gasteiger partial charge in [0.25, 0.3) is 0 Å². The van der Waals surface area contributed by atoms with Crippen molar-refractivity contribution in [1.82, 2.24) is 49.0 Å². The van der Waals surface area contributed by atoms with Crippen molar-refractivity contribution in [2.24, 2.45) is 0 Å². The van der Waals surface area contributed by atoms with Crippen LogP contribution in [-0.2, 0) is 69.5 Å². The Morgan fingerprint density at radius 3 is 1.29 bits per heavy atom. The van der Waals surface area contributed by atoms with Crippen LogP contribution < -0.4 is 0 Å². The summed E-state index contributed by atoms with van der Waals surface area (Å²) < 4.78 is 45.8. The summed E-state index contributed by atoms with van der Waals surface area (Å²) in [6, 6.07) is 64.2. The Hall–Kier alpha value is -14.6. The molecule has 11 heterocycles. The number of aromatic carboxylic acids is 2. The molecule has 0 aliphatic carbocycles. The number of fused-ring (bicyclic) bond motifs is 7.